The first-order valence-electron chi connectivity index (χ1n) is 4.18. The fourth-order valence-corrected chi connectivity index (χ4v) is 0.682. The Hall–Kier alpha value is -2.16. The van der Waals surface area contributed by atoms with Crippen LogP contribution in [0.15, 0.2) is 0 Å². The van der Waals surface area contributed by atoms with Crippen LogP contribution in [-0.4, -0.2) is 60.5 Å². The summed E-state index contributed by atoms with van der Waals surface area (Å²) >= 11 is 0. The third kappa shape index (κ3) is 6.10. The molecule has 0 saturated carbocycles. The zero-order valence-corrected chi connectivity index (χ0v) is 8.74. The number of carboxylic acid groups (broad SMARTS) is 2. The number of hydrogen-bond acceptors (Lipinski definition) is 7. The molecule has 0 aromatic heterocycles. The Morgan fingerprint density at radius 1 is 1.12 bits per heavy atom. The number of carbonyl (C=O) groups is 4. The van der Waals surface area contributed by atoms with Gasteiger partial charge < -0.3 is 24.4 Å². The molecule has 0 aliphatic rings. The van der Waals surface area contributed by atoms with Gasteiger partial charge in [-0.25, -0.2) is 19.2 Å². The lowest BCUT2D eigenvalue weighted by atomic mass is 10.3. The van der Waals surface area contributed by atoms with E-state index in [-0.39, 0.29) is 0 Å². The minimum absolute atomic E-state index is 0.876. The van der Waals surface area contributed by atoms with Crippen LogP contribution >= 0.6 is 0 Å². The molecule has 0 aromatic rings. The molecule has 0 aliphatic carbocycles. The van der Waals surface area contributed by atoms with Gasteiger partial charge in [0.05, 0.1) is 7.11 Å². The lowest BCUT2D eigenvalue weighted by Crippen LogP contribution is -2.35. The summed E-state index contributed by atoms with van der Waals surface area (Å²) in [5.74, 6) is -5.31. The predicted molar refractivity (Wildman–Crippen MR) is 48.0 cm³/mol. The van der Waals surface area contributed by atoms with Crippen LogP contribution in [0.4, 0.5) is 0 Å². The molecule has 0 heterocycles. The summed E-state index contributed by atoms with van der Waals surface area (Å²) in [7, 11) is 0.949. The molecule has 9 nitrogen and oxygen atoms in total. The van der Waals surface area contributed by atoms with Crippen LogP contribution < -0.4 is 0 Å². The second-order valence-corrected chi connectivity index (χ2v) is 2.61. The molecule has 17 heavy (non-hydrogen) atoms. The summed E-state index contributed by atoms with van der Waals surface area (Å²) < 4.78 is 12.7. The minimum atomic E-state index is -1.96. The molecule has 0 aromatic carbocycles. The van der Waals surface area contributed by atoms with Gasteiger partial charge in [-0.05, 0) is 0 Å². The SMILES string of the molecule is COC(=O)[C@H](OCC(=O)OCC(=O)O)C(=O)O. The zero-order chi connectivity index (χ0) is 13.4. The highest BCUT2D eigenvalue weighted by atomic mass is 16.6. The summed E-state index contributed by atoms with van der Waals surface area (Å²) in [4.78, 5) is 42.2. The van der Waals surface area contributed by atoms with Gasteiger partial charge in [0.15, 0.2) is 6.61 Å². The Morgan fingerprint density at radius 3 is 2.12 bits per heavy atom. The maximum absolute atomic E-state index is 10.9. The zero-order valence-electron chi connectivity index (χ0n) is 8.74. The van der Waals surface area contributed by atoms with Gasteiger partial charge in [-0.3, -0.25) is 0 Å². The van der Waals surface area contributed by atoms with E-state index < -0.39 is 43.2 Å². The first-order chi connectivity index (χ1) is 7.88. The normalized spacial score (nSPS) is 11.4. The van der Waals surface area contributed by atoms with E-state index in [9.17, 15) is 19.2 Å². The average Bonchev–Trinajstić information content (AvgIpc) is 2.25. The van der Waals surface area contributed by atoms with Crippen LogP contribution in [-0.2, 0) is 33.4 Å². The van der Waals surface area contributed by atoms with E-state index in [1.54, 1.807) is 0 Å². The lowest BCUT2D eigenvalue weighted by molar-refractivity contribution is -0.173. The Kier molecular flexibility index (Phi) is 6.26. The molecule has 0 amide bonds. The van der Waals surface area contributed by atoms with Gasteiger partial charge >= 0.3 is 23.9 Å². The van der Waals surface area contributed by atoms with Gasteiger partial charge in [0, 0.05) is 0 Å². The van der Waals surface area contributed by atoms with Crippen LogP contribution in [0.1, 0.15) is 0 Å². The number of aliphatic carboxylic acids is 2. The molecule has 0 unspecified atom stereocenters. The van der Waals surface area contributed by atoms with Gasteiger partial charge in [0.25, 0.3) is 6.10 Å². The molecule has 2 N–H and O–H groups in total. The maximum atomic E-state index is 10.9. The van der Waals surface area contributed by atoms with Crippen molar-refractivity contribution in [2.75, 3.05) is 20.3 Å². The number of methoxy groups -OCH3 is 1. The smallest absolute Gasteiger partial charge is 0.346 e. The Bertz CT molecular complexity index is 321. The summed E-state index contributed by atoms with van der Waals surface area (Å²) in [5, 5.41) is 16.7. The number of ether oxygens (including phenoxy) is 3. The van der Waals surface area contributed by atoms with Crippen LogP contribution in [0.5, 0.6) is 0 Å². The third-order valence-corrected chi connectivity index (χ3v) is 1.36. The highest BCUT2D eigenvalue weighted by Gasteiger charge is 2.29. The molecule has 0 aliphatic heterocycles. The van der Waals surface area contributed by atoms with Gasteiger partial charge in [-0.15, -0.1) is 0 Å². The number of esters is 2. The molecule has 0 rings (SSSR count). The highest BCUT2D eigenvalue weighted by molar-refractivity contribution is 5.97. The minimum Gasteiger partial charge on any atom is -0.479 e. The third-order valence-electron chi connectivity index (χ3n) is 1.36. The van der Waals surface area contributed by atoms with E-state index in [4.69, 9.17) is 10.2 Å². The summed E-state index contributed by atoms with van der Waals surface area (Å²) in [6, 6.07) is 0. The molecule has 0 fully saturated rings. The van der Waals surface area contributed by atoms with Gasteiger partial charge in [0.2, 0.25) is 0 Å². The van der Waals surface area contributed by atoms with Crippen molar-refractivity contribution in [3.8, 4) is 0 Å². The number of carbonyl (C=O) groups excluding carboxylic acids is 2. The van der Waals surface area contributed by atoms with Crippen molar-refractivity contribution in [1.82, 2.24) is 0 Å². The number of rotatable bonds is 7. The van der Waals surface area contributed by atoms with Crippen LogP contribution in [0.2, 0.25) is 0 Å². The van der Waals surface area contributed by atoms with E-state index in [2.05, 4.69) is 14.2 Å². The fraction of sp³-hybridized carbons (Fsp3) is 0.500. The monoisotopic (exact) mass is 250 g/mol. The largest absolute Gasteiger partial charge is 0.479 e. The maximum Gasteiger partial charge on any atom is 0.346 e. The Morgan fingerprint density at radius 2 is 1.71 bits per heavy atom. The summed E-state index contributed by atoms with van der Waals surface area (Å²) in [5.41, 5.74) is 0. The molecular weight excluding hydrogens is 240 g/mol. The Labute approximate surface area is 94.9 Å². The summed E-state index contributed by atoms with van der Waals surface area (Å²) in [6.07, 6.45) is -1.96. The molecule has 1 atom stereocenters. The molecule has 0 saturated heterocycles. The molecule has 0 bridgehead atoms. The van der Waals surface area contributed by atoms with Crippen molar-refractivity contribution in [2.24, 2.45) is 0 Å². The quantitative estimate of drug-likeness (QED) is 0.398. The standard InChI is InChI=1S/C8H10O9/c1-15-8(14)6(7(12)13)17-3-5(11)16-2-4(9)10/h6H,2-3H2,1H3,(H,9,10)(H,12,13)/t6-/m1/s1. The topological polar surface area (TPSA) is 136 Å². The van der Waals surface area contributed by atoms with Crippen molar-refractivity contribution < 1.29 is 43.6 Å². The summed E-state index contributed by atoms with van der Waals surface area (Å²) in [6.45, 7) is -1.75. The van der Waals surface area contributed by atoms with E-state index in [1.165, 1.54) is 0 Å². The van der Waals surface area contributed by atoms with E-state index in [0.29, 0.717) is 0 Å². The van der Waals surface area contributed by atoms with Crippen LogP contribution in [0.3, 0.4) is 0 Å². The van der Waals surface area contributed by atoms with E-state index in [0.717, 1.165) is 7.11 Å². The predicted octanol–water partition coefficient (Wildman–Crippen LogP) is -1.74. The van der Waals surface area contributed by atoms with Crippen molar-refractivity contribution in [2.45, 2.75) is 6.10 Å². The van der Waals surface area contributed by atoms with E-state index in [1.807, 2.05) is 0 Å². The average molecular weight is 250 g/mol. The fourth-order valence-electron chi connectivity index (χ4n) is 0.682. The molecule has 0 radical (unpaired) electrons. The molecule has 96 valence electrons. The Balaban J connectivity index is 4.13. The number of hydrogen-bond donors (Lipinski definition) is 2. The van der Waals surface area contributed by atoms with Gasteiger partial charge in [-0.2, -0.15) is 0 Å². The van der Waals surface area contributed by atoms with Crippen molar-refractivity contribution >= 4 is 23.9 Å². The van der Waals surface area contributed by atoms with Crippen molar-refractivity contribution in [1.29, 1.82) is 0 Å². The van der Waals surface area contributed by atoms with Gasteiger partial charge in [0.1, 0.15) is 6.61 Å². The van der Waals surface area contributed by atoms with Crippen molar-refractivity contribution in [3.63, 3.8) is 0 Å². The first kappa shape index (κ1) is 14.8. The second-order valence-electron chi connectivity index (χ2n) is 2.61. The number of carboxylic acids is 2. The van der Waals surface area contributed by atoms with Crippen molar-refractivity contribution in [3.05, 3.63) is 0 Å². The van der Waals surface area contributed by atoms with E-state index >= 15 is 0 Å². The molecule has 9 heteroatoms. The van der Waals surface area contributed by atoms with Crippen LogP contribution in [0, 0.1) is 0 Å². The molecule has 0 spiro atoms. The highest BCUT2D eigenvalue weighted by Crippen LogP contribution is 1.96. The van der Waals surface area contributed by atoms with Gasteiger partial charge in [-0.1, -0.05) is 0 Å². The lowest BCUT2D eigenvalue weighted by Gasteiger charge is -2.10. The molecular formula is C8H10O9. The second kappa shape index (κ2) is 7.17. The van der Waals surface area contributed by atoms with Crippen LogP contribution in [0.25, 0.3) is 0 Å². The first-order valence-corrected chi connectivity index (χ1v) is 4.18.